The van der Waals surface area contributed by atoms with Crippen molar-refractivity contribution in [3.63, 3.8) is 0 Å². The van der Waals surface area contributed by atoms with Gasteiger partial charge in [0.2, 0.25) is 5.76 Å². The van der Waals surface area contributed by atoms with E-state index in [1.165, 1.54) is 0 Å². The van der Waals surface area contributed by atoms with Gasteiger partial charge < -0.3 is 10.2 Å². The zero-order valence-corrected chi connectivity index (χ0v) is 8.34. The summed E-state index contributed by atoms with van der Waals surface area (Å²) < 4.78 is 0. The Balaban J connectivity index is 4.37. The molecule has 0 aliphatic carbocycles. The Hall–Kier alpha value is -0.990. The van der Waals surface area contributed by atoms with E-state index in [0.29, 0.717) is 18.4 Å². The van der Waals surface area contributed by atoms with E-state index in [2.05, 4.69) is 0 Å². The van der Waals surface area contributed by atoms with Gasteiger partial charge in [-0.1, -0.05) is 26.7 Å². The van der Waals surface area contributed by atoms with Crippen molar-refractivity contribution in [2.75, 3.05) is 0 Å². The molecular formula is C10H18O3. The standard InChI is InChI=1S/C10H18O3/c1-3-5-7-8(6-4-2)9(11)10(12)13/h11H,3-7H2,1-2H3,(H,12,13). The largest absolute Gasteiger partial charge is 0.502 e. The molecule has 0 bridgehead atoms. The number of unbranched alkanes of at least 4 members (excludes halogenated alkanes) is 1. The topological polar surface area (TPSA) is 57.5 Å². The van der Waals surface area contributed by atoms with Gasteiger partial charge in [0.1, 0.15) is 0 Å². The third-order valence-electron chi connectivity index (χ3n) is 1.92. The zero-order valence-electron chi connectivity index (χ0n) is 8.34. The summed E-state index contributed by atoms with van der Waals surface area (Å²) in [6.07, 6.45) is 4.20. The molecule has 0 aliphatic rings. The van der Waals surface area contributed by atoms with Crippen LogP contribution < -0.4 is 0 Å². The Morgan fingerprint density at radius 2 is 1.69 bits per heavy atom. The lowest BCUT2D eigenvalue weighted by Gasteiger charge is -2.06. The molecule has 2 N–H and O–H groups in total. The molecule has 0 fully saturated rings. The van der Waals surface area contributed by atoms with Gasteiger partial charge >= 0.3 is 5.97 Å². The summed E-state index contributed by atoms with van der Waals surface area (Å²) in [6.45, 7) is 4.02. The Bertz CT molecular complexity index is 194. The minimum absolute atomic E-state index is 0.449. The molecule has 3 heteroatoms. The van der Waals surface area contributed by atoms with E-state index in [0.717, 1.165) is 19.3 Å². The normalized spacial score (nSPS) is 12.5. The molecule has 0 aromatic heterocycles. The van der Waals surface area contributed by atoms with Crippen molar-refractivity contribution in [1.82, 2.24) is 0 Å². The number of carboxylic acid groups (broad SMARTS) is 1. The molecule has 0 saturated heterocycles. The van der Waals surface area contributed by atoms with Gasteiger partial charge in [0, 0.05) is 0 Å². The minimum Gasteiger partial charge on any atom is -0.502 e. The Labute approximate surface area is 79.1 Å². The summed E-state index contributed by atoms with van der Waals surface area (Å²) in [4.78, 5) is 10.5. The van der Waals surface area contributed by atoms with Gasteiger partial charge in [-0.3, -0.25) is 0 Å². The van der Waals surface area contributed by atoms with Crippen LogP contribution in [0.3, 0.4) is 0 Å². The first-order chi connectivity index (χ1) is 6.13. The van der Waals surface area contributed by atoms with E-state index >= 15 is 0 Å². The van der Waals surface area contributed by atoms with E-state index < -0.39 is 11.7 Å². The SMILES string of the molecule is CCCCC(CCC)=C(O)C(=O)O. The van der Waals surface area contributed by atoms with Crippen molar-refractivity contribution in [3.8, 4) is 0 Å². The highest BCUT2D eigenvalue weighted by atomic mass is 16.4. The predicted octanol–water partition coefficient (Wildman–Crippen LogP) is 2.87. The highest BCUT2D eigenvalue weighted by Gasteiger charge is 2.11. The zero-order chi connectivity index (χ0) is 10.3. The molecule has 13 heavy (non-hydrogen) atoms. The number of aliphatic hydroxyl groups excluding tert-OH is 1. The van der Waals surface area contributed by atoms with Crippen LogP contribution in [-0.4, -0.2) is 16.2 Å². The summed E-state index contributed by atoms with van der Waals surface area (Å²) in [6, 6.07) is 0. The maximum absolute atomic E-state index is 10.5. The molecule has 0 aromatic carbocycles. The number of allylic oxidation sites excluding steroid dienone is 1. The number of aliphatic carboxylic acids is 1. The fourth-order valence-electron chi connectivity index (χ4n) is 1.20. The second kappa shape index (κ2) is 6.52. The van der Waals surface area contributed by atoms with Crippen molar-refractivity contribution >= 4 is 5.97 Å². The van der Waals surface area contributed by atoms with Gasteiger partial charge in [0.15, 0.2) is 0 Å². The molecule has 0 unspecified atom stereocenters. The first-order valence-electron chi connectivity index (χ1n) is 4.77. The molecule has 0 aliphatic heterocycles. The maximum Gasteiger partial charge on any atom is 0.370 e. The second-order valence-electron chi connectivity index (χ2n) is 3.11. The molecule has 0 heterocycles. The van der Waals surface area contributed by atoms with Crippen LogP contribution in [0.1, 0.15) is 46.0 Å². The van der Waals surface area contributed by atoms with Crippen molar-refractivity contribution in [2.24, 2.45) is 0 Å². The van der Waals surface area contributed by atoms with Crippen LogP contribution in [-0.2, 0) is 4.79 Å². The fourth-order valence-corrected chi connectivity index (χ4v) is 1.20. The van der Waals surface area contributed by atoms with E-state index in [-0.39, 0.29) is 0 Å². The number of rotatable bonds is 6. The van der Waals surface area contributed by atoms with Crippen molar-refractivity contribution in [1.29, 1.82) is 0 Å². The maximum atomic E-state index is 10.5. The van der Waals surface area contributed by atoms with Gasteiger partial charge in [-0.2, -0.15) is 0 Å². The van der Waals surface area contributed by atoms with Crippen LogP contribution in [0.4, 0.5) is 0 Å². The van der Waals surface area contributed by atoms with Crippen molar-refractivity contribution in [2.45, 2.75) is 46.0 Å². The van der Waals surface area contributed by atoms with Gasteiger partial charge in [0.05, 0.1) is 0 Å². The lowest BCUT2D eigenvalue weighted by atomic mass is 10.0. The number of carbonyl (C=O) groups is 1. The third-order valence-corrected chi connectivity index (χ3v) is 1.92. The summed E-state index contributed by atoms with van der Waals surface area (Å²) in [7, 11) is 0. The van der Waals surface area contributed by atoms with Crippen LogP contribution >= 0.6 is 0 Å². The van der Waals surface area contributed by atoms with E-state index in [1.807, 2.05) is 13.8 Å². The Kier molecular flexibility index (Phi) is 6.02. The minimum atomic E-state index is -1.21. The molecule has 3 nitrogen and oxygen atoms in total. The third kappa shape index (κ3) is 4.55. The van der Waals surface area contributed by atoms with E-state index in [4.69, 9.17) is 5.11 Å². The monoisotopic (exact) mass is 186 g/mol. The van der Waals surface area contributed by atoms with Crippen molar-refractivity contribution in [3.05, 3.63) is 11.3 Å². The Morgan fingerprint density at radius 1 is 1.08 bits per heavy atom. The average Bonchev–Trinajstić information content (AvgIpc) is 2.11. The summed E-state index contributed by atoms with van der Waals surface area (Å²) in [5.74, 6) is -1.66. The highest BCUT2D eigenvalue weighted by molar-refractivity contribution is 5.84. The van der Waals surface area contributed by atoms with Gasteiger partial charge in [-0.15, -0.1) is 0 Å². The van der Waals surface area contributed by atoms with E-state index in [9.17, 15) is 9.90 Å². The average molecular weight is 186 g/mol. The molecule has 0 saturated carbocycles. The van der Waals surface area contributed by atoms with Gasteiger partial charge in [0.25, 0.3) is 0 Å². The predicted molar refractivity (Wildman–Crippen MR) is 51.7 cm³/mol. The van der Waals surface area contributed by atoms with Crippen LogP contribution in [0.5, 0.6) is 0 Å². The highest BCUT2D eigenvalue weighted by Crippen LogP contribution is 2.16. The lowest BCUT2D eigenvalue weighted by Crippen LogP contribution is -2.04. The summed E-state index contributed by atoms with van der Waals surface area (Å²) in [5.41, 5.74) is 0.678. The molecular weight excluding hydrogens is 168 g/mol. The van der Waals surface area contributed by atoms with Gasteiger partial charge in [-0.05, 0) is 24.8 Å². The van der Waals surface area contributed by atoms with Crippen LogP contribution in [0, 0.1) is 0 Å². The summed E-state index contributed by atoms with van der Waals surface area (Å²) >= 11 is 0. The smallest absolute Gasteiger partial charge is 0.370 e. The Morgan fingerprint density at radius 3 is 2.08 bits per heavy atom. The molecule has 0 rings (SSSR count). The van der Waals surface area contributed by atoms with Gasteiger partial charge in [-0.25, -0.2) is 4.79 Å². The number of carboxylic acids is 1. The van der Waals surface area contributed by atoms with Crippen LogP contribution in [0.2, 0.25) is 0 Å². The number of hydrogen-bond acceptors (Lipinski definition) is 2. The first-order valence-corrected chi connectivity index (χ1v) is 4.77. The first kappa shape index (κ1) is 12.0. The van der Waals surface area contributed by atoms with Crippen LogP contribution in [0.15, 0.2) is 11.3 Å². The fraction of sp³-hybridized carbons (Fsp3) is 0.700. The molecule has 0 aromatic rings. The van der Waals surface area contributed by atoms with E-state index in [1.54, 1.807) is 0 Å². The van der Waals surface area contributed by atoms with Crippen LogP contribution in [0.25, 0.3) is 0 Å². The van der Waals surface area contributed by atoms with Crippen molar-refractivity contribution < 1.29 is 15.0 Å². The quantitative estimate of drug-likeness (QED) is 0.495. The molecule has 76 valence electrons. The summed E-state index contributed by atoms with van der Waals surface area (Å²) in [5, 5.41) is 17.8. The second-order valence-corrected chi connectivity index (χ2v) is 3.11. The lowest BCUT2D eigenvalue weighted by molar-refractivity contribution is -0.135. The number of hydrogen-bond donors (Lipinski definition) is 2. The molecule has 0 spiro atoms. The molecule has 0 amide bonds. The molecule has 0 atom stereocenters. The molecule has 0 radical (unpaired) electrons. The number of aliphatic hydroxyl groups is 1.